The van der Waals surface area contributed by atoms with Crippen molar-refractivity contribution >= 4 is 58.6 Å². The Morgan fingerprint density at radius 3 is 2.12 bits per heavy atom. The van der Waals surface area contributed by atoms with Gasteiger partial charge in [-0.05, 0) is 30.9 Å². The summed E-state index contributed by atoms with van der Waals surface area (Å²) in [5, 5.41) is 0. The van der Waals surface area contributed by atoms with Crippen LogP contribution in [0.4, 0.5) is 4.79 Å². The van der Waals surface area contributed by atoms with E-state index in [1.165, 1.54) is 11.8 Å². The van der Waals surface area contributed by atoms with Crippen molar-refractivity contribution < 1.29 is 33.4 Å². The molecule has 8 nitrogen and oxygen atoms in total. The van der Waals surface area contributed by atoms with E-state index in [1.54, 1.807) is 24.3 Å². The highest BCUT2D eigenvalue weighted by Gasteiger charge is 2.51. The molecule has 1 aliphatic heterocycles. The third-order valence-corrected chi connectivity index (χ3v) is 5.37. The fourth-order valence-electron chi connectivity index (χ4n) is 3.05. The highest BCUT2D eigenvalue weighted by Crippen LogP contribution is 2.35. The van der Waals surface area contributed by atoms with Gasteiger partial charge in [-0.15, -0.1) is 0 Å². The molecule has 0 aliphatic carbocycles. The van der Waals surface area contributed by atoms with E-state index in [0.29, 0.717) is 0 Å². The molecule has 1 aromatic carbocycles. The Labute approximate surface area is 206 Å². The number of ketones is 1. The van der Waals surface area contributed by atoms with E-state index in [-0.39, 0.29) is 38.1 Å². The minimum Gasteiger partial charge on any atom is -0.460 e. The largest absolute Gasteiger partial charge is 0.460 e. The fraction of sp³-hybridized carbons (Fsp3) is 0.455. The van der Waals surface area contributed by atoms with E-state index in [1.807, 2.05) is 6.07 Å². The molecule has 0 spiro atoms. The first kappa shape index (κ1) is 27.0. The van der Waals surface area contributed by atoms with Gasteiger partial charge in [0, 0.05) is 13.1 Å². The summed E-state index contributed by atoms with van der Waals surface area (Å²) in [6, 6.07) is 8.94. The van der Waals surface area contributed by atoms with E-state index in [0.717, 1.165) is 5.56 Å². The minimum absolute atomic E-state index is 0.0113. The summed E-state index contributed by atoms with van der Waals surface area (Å²) in [4.78, 5) is 51.3. The zero-order valence-electron chi connectivity index (χ0n) is 18.0. The van der Waals surface area contributed by atoms with E-state index in [2.05, 4.69) is 6.58 Å². The van der Waals surface area contributed by atoms with Crippen LogP contribution in [0, 0.1) is 5.41 Å². The van der Waals surface area contributed by atoms with Crippen molar-refractivity contribution in [3.8, 4) is 0 Å². The van der Waals surface area contributed by atoms with Gasteiger partial charge in [0.05, 0.1) is 0 Å². The van der Waals surface area contributed by atoms with Crippen LogP contribution in [-0.4, -0.2) is 58.8 Å². The van der Waals surface area contributed by atoms with E-state index in [9.17, 15) is 19.2 Å². The number of carbonyl (C=O) groups excluding carboxylic acids is 4. The van der Waals surface area contributed by atoms with Crippen molar-refractivity contribution in [2.24, 2.45) is 5.41 Å². The standard InChI is InChI=1S/C22H24Cl3NO7/c1-15(2)17(27)13-32-19(29)21(18(28)31-12-16-6-4-3-5-7-16)8-10-26(11-9-21)20(30)33-14-22(23,24)25/h3-7H,1,8-14H2,2H3. The lowest BCUT2D eigenvalue weighted by Crippen LogP contribution is -2.52. The number of nitrogens with zero attached hydrogens (tertiary/aromatic N) is 1. The number of piperidine rings is 1. The Bertz CT molecular complexity index is 891. The number of Topliss-reactive ketones (excluding diaryl/α,β-unsaturated/α-hetero) is 1. The van der Waals surface area contributed by atoms with Crippen molar-refractivity contribution in [1.29, 1.82) is 0 Å². The van der Waals surface area contributed by atoms with Crippen LogP contribution in [-0.2, 0) is 35.2 Å². The summed E-state index contributed by atoms with van der Waals surface area (Å²) in [6.45, 7) is 3.92. The molecule has 33 heavy (non-hydrogen) atoms. The number of alkyl halides is 3. The molecule has 1 aliphatic rings. The molecule has 0 radical (unpaired) electrons. The summed E-state index contributed by atoms with van der Waals surface area (Å²) < 4.78 is 13.7. The third kappa shape index (κ3) is 7.91. The number of amides is 1. The SMILES string of the molecule is C=C(C)C(=O)COC(=O)C1(C(=O)OCc2ccccc2)CCN(C(=O)OCC(Cl)(Cl)Cl)CC1. The number of likely N-dealkylation sites (tertiary alicyclic amines) is 1. The number of rotatable bonds is 8. The van der Waals surface area contributed by atoms with E-state index in [4.69, 9.17) is 49.0 Å². The summed E-state index contributed by atoms with van der Waals surface area (Å²) in [6.07, 6.45) is -0.939. The Hall–Kier alpha value is -2.29. The molecule has 1 fully saturated rings. The minimum atomic E-state index is -1.77. The van der Waals surface area contributed by atoms with Crippen molar-refractivity contribution in [1.82, 2.24) is 4.90 Å². The summed E-state index contributed by atoms with van der Waals surface area (Å²) in [5.74, 6) is -2.17. The van der Waals surface area contributed by atoms with Crippen LogP contribution in [0.15, 0.2) is 42.5 Å². The third-order valence-electron chi connectivity index (χ3n) is 5.04. The van der Waals surface area contributed by atoms with Gasteiger partial charge < -0.3 is 19.1 Å². The second kappa shape index (κ2) is 11.7. The maximum absolute atomic E-state index is 13.0. The average molecular weight is 521 g/mol. The number of benzene rings is 1. The maximum Gasteiger partial charge on any atom is 0.409 e. The first-order chi connectivity index (χ1) is 15.4. The van der Waals surface area contributed by atoms with Crippen molar-refractivity contribution in [2.45, 2.75) is 30.2 Å². The highest BCUT2D eigenvalue weighted by atomic mass is 35.6. The molecule has 0 unspecified atom stereocenters. The van der Waals surface area contributed by atoms with Crippen LogP contribution in [0.25, 0.3) is 0 Å². The molecular formula is C22H24Cl3NO7. The van der Waals surface area contributed by atoms with Crippen LogP contribution >= 0.6 is 34.8 Å². The number of halogens is 3. The summed E-state index contributed by atoms with van der Waals surface area (Å²) in [5.41, 5.74) is -0.731. The quantitative estimate of drug-likeness (QED) is 0.168. The van der Waals surface area contributed by atoms with Gasteiger partial charge in [-0.1, -0.05) is 71.7 Å². The number of ether oxygens (including phenoxy) is 3. The highest BCUT2D eigenvalue weighted by molar-refractivity contribution is 6.67. The lowest BCUT2D eigenvalue weighted by molar-refractivity contribution is -0.177. The topological polar surface area (TPSA) is 99.2 Å². The van der Waals surface area contributed by atoms with Crippen molar-refractivity contribution in [3.63, 3.8) is 0 Å². The van der Waals surface area contributed by atoms with Gasteiger partial charge in [0.1, 0.15) is 13.2 Å². The molecule has 11 heteroatoms. The molecule has 0 N–H and O–H groups in total. The fourth-order valence-corrected chi connectivity index (χ4v) is 3.21. The molecule has 1 saturated heterocycles. The molecule has 1 aromatic rings. The maximum atomic E-state index is 13.0. The van der Waals surface area contributed by atoms with Gasteiger partial charge in [-0.3, -0.25) is 14.4 Å². The molecule has 180 valence electrons. The Morgan fingerprint density at radius 2 is 1.58 bits per heavy atom. The molecular weight excluding hydrogens is 497 g/mol. The molecule has 1 amide bonds. The van der Waals surface area contributed by atoms with Crippen LogP contribution in [0.1, 0.15) is 25.3 Å². The number of hydrogen-bond donors (Lipinski definition) is 0. The van der Waals surface area contributed by atoms with Crippen molar-refractivity contribution in [3.05, 3.63) is 48.0 Å². The zero-order valence-corrected chi connectivity index (χ0v) is 20.3. The predicted molar refractivity (Wildman–Crippen MR) is 122 cm³/mol. The first-order valence-corrected chi connectivity index (χ1v) is 11.1. The van der Waals surface area contributed by atoms with Crippen molar-refractivity contribution in [2.75, 3.05) is 26.3 Å². The smallest absolute Gasteiger partial charge is 0.409 e. The zero-order chi connectivity index (χ0) is 24.6. The second-order valence-electron chi connectivity index (χ2n) is 7.58. The number of hydrogen-bond acceptors (Lipinski definition) is 7. The van der Waals surface area contributed by atoms with Gasteiger partial charge in [-0.25, -0.2) is 4.79 Å². The summed E-state index contributed by atoms with van der Waals surface area (Å²) >= 11 is 16.8. The lowest BCUT2D eigenvalue weighted by atomic mass is 9.78. The van der Waals surface area contributed by atoms with Crippen LogP contribution in [0.3, 0.4) is 0 Å². The first-order valence-electron chi connectivity index (χ1n) is 10.00. The van der Waals surface area contributed by atoms with Gasteiger partial charge in [0.25, 0.3) is 0 Å². The Morgan fingerprint density at radius 1 is 1.00 bits per heavy atom. The van der Waals surface area contributed by atoms with Gasteiger partial charge >= 0.3 is 18.0 Å². The number of esters is 2. The lowest BCUT2D eigenvalue weighted by Gasteiger charge is -2.37. The summed E-state index contributed by atoms with van der Waals surface area (Å²) in [7, 11) is 0. The molecule has 0 saturated carbocycles. The average Bonchev–Trinajstić information content (AvgIpc) is 2.79. The molecule has 0 bridgehead atoms. The van der Waals surface area contributed by atoms with Gasteiger partial charge in [0.2, 0.25) is 3.79 Å². The normalized spacial score (nSPS) is 15.3. The predicted octanol–water partition coefficient (Wildman–Crippen LogP) is 4.01. The van der Waals surface area contributed by atoms with E-state index < -0.39 is 46.2 Å². The van der Waals surface area contributed by atoms with Gasteiger partial charge in [0.15, 0.2) is 17.8 Å². The van der Waals surface area contributed by atoms with Gasteiger partial charge in [-0.2, -0.15) is 0 Å². The Kier molecular flexibility index (Phi) is 9.57. The van der Waals surface area contributed by atoms with Crippen LogP contribution < -0.4 is 0 Å². The monoisotopic (exact) mass is 519 g/mol. The van der Waals surface area contributed by atoms with E-state index >= 15 is 0 Å². The van der Waals surface area contributed by atoms with Crippen LogP contribution in [0.5, 0.6) is 0 Å². The second-order valence-corrected chi connectivity index (χ2v) is 10.1. The Balaban J connectivity index is 2.10. The molecule has 2 rings (SSSR count). The van der Waals surface area contributed by atoms with Crippen LogP contribution in [0.2, 0.25) is 0 Å². The molecule has 0 atom stereocenters. The molecule has 0 aromatic heterocycles. The molecule has 1 heterocycles. The number of carbonyl (C=O) groups is 4.